The Morgan fingerprint density at radius 3 is 2.67 bits per heavy atom. The van der Waals surface area contributed by atoms with Gasteiger partial charge in [0.1, 0.15) is 5.78 Å². The molecule has 0 radical (unpaired) electrons. The van der Waals surface area contributed by atoms with E-state index in [1.165, 1.54) is 0 Å². The molecule has 1 aromatic carbocycles. The maximum absolute atomic E-state index is 11.7. The first-order valence-corrected chi connectivity index (χ1v) is 7.20. The number of ketones is 1. The summed E-state index contributed by atoms with van der Waals surface area (Å²) < 4.78 is 4.94. The predicted molar refractivity (Wildman–Crippen MR) is 74.5 cm³/mol. The second kappa shape index (κ2) is 7.54. The van der Waals surface area contributed by atoms with E-state index in [4.69, 9.17) is 16.3 Å². The molecule has 5 heteroatoms. The molecule has 1 rings (SSSR count). The van der Waals surface area contributed by atoms with Crippen molar-refractivity contribution < 1.29 is 14.3 Å². The van der Waals surface area contributed by atoms with Crippen LogP contribution in [0, 0.1) is 0 Å². The van der Waals surface area contributed by atoms with Crippen molar-refractivity contribution in [3.8, 4) is 0 Å². The highest BCUT2D eigenvalue weighted by molar-refractivity contribution is 9.09. The van der Waals surface area contributed by atoms with Gasteiger partial charge in [0.05, 0.1) is 17.5 Å². The number of Topliss-reactive ketones (excluding diaryl/α,β-unsaturated/α-hetero) is 1. The Morgan fingerprint density at radius 1 is 1.39 bits per heavy atom. The summed E-state index contributed by atoms with van der Waals surface area (Å²) in [6.07, 6.45) is 0.332. The van der Waals surface area contributed by atoms with Crippen molar-refractivity contribution in [2.45, 2.75) is 19.2 Å². The second-order valence-corrected chi connectivity index (χ2v) is 4.52. The molecule has 3 nitrogen and oxygen atoms in total. The van der Waals surface area contributed by atoms with Gasteiger partial charge < -0.3 is 4.74 Å². The molecular formula is C13H14BrClO3. The van der Waals surface area contributed by atoms with Crippen LogP contribution in [0.15, 0.2) is 18.2 Å². The lowest BCUT2D eigenvalue weighted by molar-refractivity contribution is -0.115. The van der Waals surface area contributed by atoms with Gasteiger partial charge in [-0.25, -0.2) is 4.79 Å². The van der Waals surface area contributed by atoms with Gasteiger partial charge in [-0.2, -0.15) is 0 Å². The topological polar surface area (TPSA) is 43.4 Å². The van der Waals surface area contributed by atoms with Crippen LogP contribution in [0.2, 0.25) is 0 Å². The molecule has 0 aliphatic carbocycles. The first-order valence-electron chi connectivity index (χ1n) is 5.54. The third kappa shape index (κ3) is 4.10. The fraction of sp³-hybridized carbons (Fsp3) is 0.385. The summed E-state index contributed by atoms with van der Waals surface area (Å²) in [5.41, 5.74) is 2.00. The Morgan fingerprint density at radius 2 is 2.11 bits per heavy atom. The van der Waals surface area contributed by atoms with E-state index in [1.807, 2.05) is 0 Å². The molecule has 0 bridgehead atoms. The summed E-state index contributed by atoms with van der Waals surface area (Å²) in [5, 5.41) is 0.322. The quantitative estimate of drug-likeness (QED) is 0.593. The van der Waals surface area contributed by atoms with Gasteiger partial charge in [0.25, 0.3) is 0 Å². The summed E-state index contributed by atoms with van der Waals surface area (Å²) >= 11 is 8.93. The highest BCUT2D eigenvalue weighted by atomic mass is 79.9. The Hall–Kier alpha value is -0.870. The molecule has 0 aromatic heterocycles. The number of esters is 1. The molecule has 0 aliphatic heterocycles. The van der Waals surface area contributed by atoms with Gasteiger partial charge in [-0.15, -0.1) is 11.6 Å². The van der Waals surface area contributed by atoms with Gasteiger partial charge in [-0.1, -0.05) is 28.1 Å². The van der Waals surface area contributed by atoms with E-state index in [0.29, 0.717) is 29.5 Å². The van der Waals surface area contributed by atoms with Crippen molar-refractivity contribution in [1.82, 2.24) is 0 Å². The zero-order chi connectivity index (χ0) is 13.5. The summed E-state index contributed by atoms with van der Waals surface area (Å²) in [4.78, 5) is 23.0. The third-order valence-corrected chi connectivity index (χ3v) is 3.27. The normalized spacial score (nSPS) is 10.2. The first kappa shape index (κ1) is 15.2. The van der Waals surface area contributed by atoms with E-state index >= 15 is 0 Å². The van der Waals surface area contributed by atoms with Gasteiger partial charge in [0.15, 0.2) is 0 Å². The molecule has 0 amide bonds. The SMILES string of the molecule is CCOC(=O)c1ccc(CC(=O)CBr)cc1CCl. The van der Waals surface area contributed by atoms with Crippen molar-refractivity contribution in [3.63, 3.8) is 0 Å². The van der Waals surface area contributed by atoms with Crippen LogP contribution in [-0.4, -0.2) is 23.7 Å². The summed E-state index contributed by atoms with van der Waals surface area (Å²) in [7, 11) is 0. The Labute approximate surface area is 120 Å². The van der Waals surface area contributed by atoms with Crippen LogP contribution in [0.1, 0.15) is 28.4 Å². The van der Waals surface area contributed by atoms with Gasteiger partial charge in [0, 0.05) is 12.3 Å². The Kier molecular flexibility index (Phi) is 6.36. The molecule has 98 valence electrons. The molecule has 0 unspecified atom stereocenters. The molecule has 0 fully saturated rings. The van der Waals surface area contributed by atoms with Crippen molar-refractivity contribution in [3.05, 3.63) is 34.9 Å². The average molecular weight is 334 g/mol. The van der Waals surface area contributed by atoms with Gasteiger partial charge >= 0.3 is 5.97 Å². The number of carbonyl (C=O) groups is 2. The Balaban J connectivity index is 2.96. The second-order valence-electron chi connectivity index (χ2n) is 3.69. The maximum atomic E-state index is 11.7. The zero-order valence-electron chi connectivity index (χ0n) is 10.0. The lowest BCUT2D eigenvalue weighted by Crippen LogP contribution is -2.09. The molecule has 0 saturated carbocycles. The Bertz CT molecular complexity index is 446. The van der Waals surface area contributed by atoms with Crippen LogP contribution in [0.25, 0.3) is 0 Å². The van der Waals surface area contributed by atoms with E-state index in [2.05, 4.69) is 15.9 Å². The molecule has 0 N–H and O–H groups in total. The number of halogens is 2. The van der Waals surface area contributed by atoms with Gasteiger partial charge in [-0.3, -0.25) is 4.79 Å². The summed E-state index contributed by atoms with van der Waals surface area (Å²) in [5.74, 6) is -0.0873. The monoisotopic (exact) mass is 332 g/mol. The number of ether oxygens (including phenoxy) is 1. The third-order valence-electron chi connectivity index (χ3n) is 2.36. The van der Waals surface area contributed by atoms with E-state index in [-0.39, 0.29) is 17.6 Å². The number of hydrogen-bond acceptors (Lipinski definition) is 3. The van der Waals surface area contributed by atoms with E-state index in [1.54, 1.807) is 25.1 Å². The van der Waals surface area contributed by atoms with Crippen molar-refractivity contribution >= 4 is 39.3 Å². The minimum absolute atomic E-state index is 0.0828. The molecular weight excluding hydrogens is 319 g/mol. The lowest BCUT2D eigenvalue weighted by atomic mass is 10.0. The first-order chi connectivity index (χ1) is 8.62. The van der Waals surface area contributed by atoms with Crippen molar-refractivity contribution in [2.75, 3.05) is 11.9 Å². The average Bonchev–Trinajstić information content (AvgIpc) is 2.38. The van der Waals surface area contributed by atoms with Crippen LogP contribution in [0.4, 0.5) is 0 Å². The molecule has 0 atom stereocenters. The predicted octanol–water partition coefficient (Wildman–Crippen LogP) is 3.11. The van der Waals surface area contributed by atoms with E-state index < -0.39 is 0 Å². The van der Waals surface area contributed by atoms with Crippen LogP contribution < -0.4 is 0 Å². The fourth-order valence-electron chi connectivity index (χ4n) is 1.55. The number of alkyl halides is 2. The van der Waals surface area contributed by atoms with Crippen LogP contribution in [0.5, 0.6) is 0 Å². The summed E-state index contributed by atoms with van der Waals surface area (Å²) in [6, 6.07) is 5.19. The van der Waals surface area contributed by atoms with Gasteiger partial charge in [0.2, 0.25) is 0 Å². The number of hydrogen-bond donors (Lipinski definition) is 0. The highest BCUT2D eigenvalue weighted by Gasteiger charge is 2.13. The van der Waals surface area contributed by atoms with E-state index in [0.717, 1.165) is 5.56 Å². The standard InChI is InChI=1S/C13H14BrClO3/c1-2-18-13(17)12-4-3-9(5-10(12)8-15)6-11(16)7-14/h3-5H,2,6-8H2,1H3. The molecule has 0 heterocycles. The molecule has 1 aromatic rings. The largest absolute Gasteiger partial charge is 0.462 e. The molecule has 0 saturated heterocycles. The van der Waals surface area contributed by atoms with Crippen molar-refractivity contribution in [1.29, 1.82) is 0 Å². The van der Waals surface area contributed by atoms with Crippen LogP contribution in [-0.2, 0) is 21.8 Å². The fourth-order valence-corrected chi connectivity index (χ4v) is 1.97. The summed E-state index contributed by atoms with van der Waals surface area (Å²) in [6.45, 7) is 2.08. The smallest absolute Gasteiger partial charge is 0.338 e. The number of rotatable bonds is 6. The van der Waals surface area contributed by atoms with Crippen LogP contribution in [0.3, 0.4) is 0 Å². The highest BCUT2D eigenvalue weighted by Crippen LogP contribution is 2.16. The molecule has 0 aliphatic rings. The number of benzene rings is 1. The minimum atomic E-state index is -0.383. The molecule has 18 heavy (non-hydrogen) atoms. The molecule has 0 spiro atoms. The minimum Gasteiger partial charge on any atom is -0.462 e. The van der Waals surface area contributed by atoms with E-state index in [9.17, 15) is 9.59 Å². The zero-order valence-corrected chi connectivity index (χ0v) is 12.4. The maximum Gasteiger partial charge on any atom is 0.338 e. The van der Waals surface area contributed by atoms with Crippen molar-refractivity contribution in [2.24, 2.45) is 0 Å². The number of carbonyl (C=O) groups excluding carboxylic acids is 2. The van der Waals surface area contributed by atoms with Crippen LogP contribution >= 0.6 is 27.5 Å². The van der Waals surface area contributed by atoms with Gasteiger partial charge in [-0.05, 0) is 24.1 Å². The lowest BCUT2D eigenvalue weighted by Gasteiger charge is -2.08.